The number of rotatable bonds is 6. The van der Waals surface area contributed by atoms with Crippen molar-refractivity contribution in [1.82, 2.24) is 5.32 Å². The molecule has 3 aliphatic rings. The van der Waals surface area contributed by atoms with Gasteiger partial charge in [0.05, 0.1) is 17.5 Å². The topological polar surface area (TPSA) is 139 Å². The fourth-order valence-corrected chi connectivity index (χ4v) is 7.66. The molecule has 0 bridgehead atoms. The minimum atomic E-state index is -3.79. The molecule has 2 aromatic rings. The van der Waals surface area contributed by atoms with E-state index in [1.54, 1.807) is 18.2 Å². The highest BCUT2D eigenvalue weighted by Gasteiger charge is 2.59. The Kier molecular flexibility index (Phi) is 6.61. The molecule has 6 atom stereocenters. The van der Waals surface area contributed by atoms with Crippen LogP contribution in [-0.2, 0) is 32.5 Å². The minimum Gasteiger partial charge on any atom is -0.508 e. The van der Waals surface area contributed by atoms with Crippen LogP contribution in [0.4, 0.5) is 0 Å². The molecule has 5 N–H and O–H groups in total. The summed E-state index contributed by atoms with van der Waals surface area (Å²) < 4.78 is 29.0. The Labute approximate surface area is 211 Å². The fourth-order valence-electron chi connectivity index (χ4n) is 7.07. The highest BCUT2D eigenvalue weighted by atomic mass is 32.2. The summed E-state index contributed by atoms with van der Waals surface area (Å²) in [4.78, 5) is 12.7. The molecular weight excluding hydrogens is 480 g/mol. The molecule has 0 aliphatic heterocycles. The normalized spacial score (nSPS) is 31.2. The van der Waals surface area contributed by atoms with Crippen LogP contribution < -0.4 is 10.5 Å². The number of ether oxygens (including phenoxy) is 1. The maximum Gasteiger partial charge on any atom is 0.320 e. The van der Waals surface area contributed by atoms with Gasteiger partial charge in [-0.2, -0.15) is 0 Å². The number of esters is 1. The van der Waals surface area contributed by atoms with Gasteiger partial charge in [-0.15, -0.1) is 0 Å². The van der Waals surface area contributed by atoms with Crippen molar-refractivity contribution in [3.8, 4) is 5.75 Å². The summed E-state index contributed by atoms with van der Waals surface area (Å²) in [6.07, 6.45) is 3.12. The second-order valence-electron chi connectivity index (χ2n) is 10.9. The Morgan fingerprint density at radius 1 is 1.22 bits per heavy atom. The maximum atomic E-state index is 12.7. The lowest BCUT2D eigenvalue weighted by Crippen LogP contribution is -2.47. The molecule has 3 aliphatic carbocycles. The third-order valence-electron chi connectivity index (χ3n) is 8.73. The number of nitrogens with two attached hydrogens (primary N) is 1. The van der Waals surface area contributed by atoms with Crippen LogP contribution in [0.2, 0.25) is 0 Å². The molecule has 0 aromatic heterocycles. The van der Waals surface area contributed by atoms with Crippen molar-refractivity contribution in [2.75, 3.05) is 6.54 Å². The molecule has 0 radical (unpaired) electrons. The molecule has 36 heavy (non-hydrogen) atoms. The number of hydrogen-bond acceptors (Lipinski definition) is 7. The predicted octanol–water partition coefficient (Wildman–Crippen LogP) is 2.57. The SMILES string of the molecule is CC12CCC3c4ccc(O)cc4CCC3C1CC(O)C2OC(=O)CNCc1cccc(S(N)(=O)=O)c1. The molecule has 8 nitrogen and oxygen atoms in total. The van der Waals surface area contributed by atoms with Gasteiger partial charge in [-0.25, -0.2) is 13.6 Å². The number of carbonyl (C=O) groups is 1. The molecular formula is C27H34N2O6S. The highest BCUT2D eigenvalue weighted by molar-refractivity contribution is 7.89. The third-order valence-corrected chi connectivity index (χ3v) is 9.64. The molecule has 6 unspecified atom stereocenters. The summed E-state index contributed by atoms with van der Waals surface area (Å²) >= 11 is 0. The largest absolute Gasteiger partial charge is 0.508 e. The van der Waals surface area contributed by atoms with E-state index < -0.39 is 28.2 Å². The number of aliphatic hydroxyl groups is 1. The van der Waals surface area contributed by atoms with Crippen molar-refractivity contribution in [2.24, 2.45) is 22.4 Å². The van der Waals surface area contributed by atoms with Gasteiger partial charge in [0.25, 0.3) is 0 Å². The monoisotopic (exact) mass is 514 g/mol. The van der Waals surface area contributed by atoms with Crippen LogP contribution >= 0.6 is 0 Å². The lowest BCUT2D eigenvalue weighted by molar-refractivity contribution is -0.162. The lowest BCUT2D eigenvalue weighted by Gasteiger charge is -2.50. The summed E-state index contributed by atoms with van der Waals surface area (Å²) in [6, 6.07) is 12.0. The van der Waals surface area contributed by atoms with Gasteiger partial charge in [0.2, 0.25) is 10.0 Å². The van der Waals surface area contributed by atoms with Gasteiger partial charge in [-0.1, -0.05) is 25.1 Å². The third kappa shape index (κ3) is 4.65. The Bertz CT molecular complexity index is 1260. The van der Waals surface area contributed by atoms with E-state index in [-0.39, 0.29) is 29.3 Å². The van der Waals surface area contributed by atoms with E-state index in [9.17, 15) is 23.4 Å². The first-order chi connectivity index (χ1) is 17.1. The predicted molar refractivity (Wildman–Crippen MR) is 134 cm³/mol. The number of fused-ring (bicyclic) bond motifs is 5. The molecule has 0 amide bonds. The van der Waals surface area contributed by atoms with Crippen LogP contribution in [0.1, 0.15) is 55.2 Å². The van der Waals surface area contributed by atoms with Crippen molar-refractivity contribution in [3.63, 3.8) is 0 Å². The molecule has 0 spiro atoms. The second-order valence-corrected chi connectivity index (χ2v) is 12.4. The van der Waals surface area contributed by atoms with Crippen LogP contribution in [0.15, 0.2) is 47.4 Å². The van der Waals surface area contributed by atoms with Crippen LogP contribution in [0.3, 0.4) is 0 Å². The van der Waals surface area contributed by atoms with Gasteiger partial charge < -0.3 is 20.3 Å². The van der Waals surface area contributed by atoms with Crippen molar-refractivity contribution in [2.45, 2.75) is 68.6 Å². The van der Waals surface area contributed by atoms with Crippen LogP contribution in [-0.4, -0.2) is 43.4 Å². The Hall–Kier alpha value is -2.46. The van der Waals surface area contributed by atoms with E-state index in [1.807, 2.05) is 6.07 Å². The van der Waals surface area contributed by atoms with E-state index in [4.69, 9.17) is 9.88 Å². The molecule has 2 aromatic carbocycles. The maximum absolute atomic E-state index is 12.7. The van der Waals surface area contributed by atoms with Crippen LogP contribution in [0, 0.1) is 17.3 Å². The Morgan fingerprint density at radius 3 is 2.81 bits per heavy atom. The summed E-state index contributed by atoms with van der Waals surface area (Å²) in [7, 11) is -3.79. The van der Waals surface area contributed by atoms with E-state index in [2.05, 4.69) is 18.3 Å². The Morgan fingerprint density at radius 2 is 2.03 bits per heavy atom. The van der Waals surface area contributed by atoms with Crippen LogP contribution in [0.5, 0.6) is 5.75 Å². The number of carbonyl (C=O) groups excluding carboxylic acids is 1. The number of phenolic OH excluding ortho intramolecular Hbond substituents is 1. The zero-order valence-electron chi connectivity index (χ0n) is 20.4. The first-order valence-electron chi connectivity index (χ1n) is 12.6. The number of nitrogens with one attached hydrogen (secondary N) is 1. The smallest absolute Gasteiger partial charge is 0.320 e. The average molecular weight is 515 g/mol. The number of aromatic hydroxyl groups is 1. The number of aryl methyl sites for hydroxylation is 1. The summed E-state index contributed by atoms with van der Waals surface area (Å²) in [5.74, 6) is 0.962. The van der Waals surface area contributed by atoms with Gasteiger partial charge in [0, 0.05) is 12.0 Å². The Balaban J connectivity index is 1.22. The van der Waals surface area contributed by atoms with E-state index in [0.29, 0.717) is 29.6 Å². The number of primary sulfonamides is 1. The van der Waals surface area contributed by atoms with Gasteiger partial charge in [-0.3, -0.25) is 4.79 Å². The number of aliphatic hydroxyl groups excluding tert-OH is 1. The van der Waals surface area contributed by atoms with Crippen molar-refractivity contribution >= 4 is 16.0 Å². The first-order valence-corrected chi connectivity index (χ1v) is 14.1. The molecule has 2 fully saturated rings. The number of hydrogen-bond donors (Lipinski definition) is 4. The summed E-state index contributed by atoms with van der Waals surface area (Å²) in [5.41, 5.74) is 2.94. The highest BCUT2D eigenvalue weighted by Crippen LogP contribution is 2.61. The van der Waals surface area contributed by atoms with E-state index in [1.165, 1.54) is 23.3 Å². The molecule has 2 saturated carbocycles. The van der Waals surface area contributed by atoms with Gasteiger partial charge in [0.15, 0.2) is 0 Å². The summed E-state index contributed by atoms with van der Waals surface area (Å²) in [5, 5.41) is 29.0. The molecule has 0 saturated heterocycles. The molecule has 0 heterocycles. The average Bonchev–Trinajstić information content (AvgIpc) is 3.08. The number of benzene rings is 2. The second kappa shape index (κ2) is 9.45. The molecule has 194 valence electrons. The van der Waals surface area contributed by atoms with Crippen LogP contribution in [0.25, 0.3) is 0 Å². The van der Waals surface area contributed by atoms with Gasteiger partial charge >= 0.3 is 5.97 Å². The lowest BCUT2D eigenvalue weighted by atomic mass is 9.55. The first kappa shape index (κ1) is 25.2. The zero-order chi connectivity index (χ0) is 25.7. The number of sulfonamides is 1. The molecule has 5 rings (SSSR count). The summed E-state index contributed by atoms with van der Waals surface area (Å²) in [6.45, 7) is 2.39. The minimum absolute atomic E-state index is 0.0233. The van der Waals surface area contributed by atoms with Crippen molar-refractivity contribution in [3.05, 3.63) is 59.2 Å². The van der Waals surface area contributed by atoms with Gasteiger partial charge in [0.1, 0.15) is 11.9 Å². The van der Waals surface area contributed by atoms with Crippen molar-refractivity contribution < 1.29 is 28.2 Å². The molecule has 9 heteroatoms. The van der Waals surface area contributed by atoms with E-state index in [0.717, 1.165) is 25.7 Å². The van der Waals surface area contributed by atoms with Gasteiger partial charge in [-0.05, 0) is 90.8 Å². The quantitative estimate of drug-likeness (QED) is 0.435. The zero-order valence-corrected chi connectivity index (χ0v) is 21.2. The van der Waals surface area contributed by atoms with E-state index >= 15 is 0 Å². The van der Waals surface area contributed by atoms with Crippen molar-refractivity contribution in [1.29, 1.82) is 0 Å². The fraction of sp³-hybridized carbons (Fsp3) is 0.519. The number of phenols is 1. The standard InChI is InChI=1S/C27H34N2O6S/c1-27-10-9-21-20-8-6-18(30)12-17(20)5-7-22(21)23(27)13-24(31)26(27)35-25(32)15-29-14-16-3-2-4-19(11-16)36(28,33)34/h2-4,6,8,11-12,21-24,26,29-31H,5,7,9-10,13-15H2,1H3,(H2,28,33,34).